The summed E-state index contributed by atoms with van der Waals surface area (Å²) >= 11 is 0. The fourth-order valence-electron chi connectivity index (χ4n) is 1.82. The number of carbonyl (C=O) groups excluding carboxylic acids is 1. The number of rotatable bonds is 7. The van der Waals surface area contributed by atoms with Crippen molar-refractivity contribution < 1.29 is 18.3 Å². The van der Waals surface area contributed by atoms with Crippen molar-refractivity contribution in [3.05, 3.63) is 29.8 Å². The Balaban J connectivity index is 2.75. The highest BCUT2D eigenvalue weighted by Crippen LogP contribution is 2.16. The number of benzene rings is 1. The Bertz CT molecular complexity index is 387. The molecule has 0 saturated carbocycles. The second-order valence-electron chi connectivity index (χ2n) is 4.20. The van der Waals surface area contributed by atoms with Crippen LogP contribution in [0.4, 0.5) is 8.78 Å². The first-order valence-corrected chi connectivity index (χ1v) is 6.42. The lowest BCUT2D eigenvalue weighted by molar-refractivity contribution is -0.0498. The molecule has 0 saturated heterocycles. The Kier molecular flexibility index (Phi) is 6.25. The van der Waals surface area contributed by atoms with E-state index >= 15 is 0 Å². The Morgan fingerprint density at radius 1 is 1.16 bits per heavy atom. The molecule has 0 bridgehead atoms. The molecule has 0 fully saturated rings. The molecule has 3 nitrogen and oxygen atoms in total. The van der Waals surface area contributed by atoms with Crippen molar-refractivity contribution in [2.45, 2.75) is 33.3 Å². The minimum Gasteiger partial charge on any atom is -0.435 e. The number of nitrogens with zero attached hydrogens (tertiary/aromatic N) is 1. The molecule has 0 heterocycles. The van der Waals surface area contributed by atoms with Gasteiger partial charge in [-0.25, -0.2) is 0 Å². The van der Waals surface area contributed by atoms with Crippen LogP contribution in [0.25, 0.3) is 0 Å². The van der Waals surface area contributed by atoms with E-state index in [9.17, 15) is 13.6 Å². The molecule has 1 aromatic carbocycles. The van der Waals surface area contributed by atoms with Crippen molar-refractivity contribution in [2.75, 3.05) is 13.1 Å². The summed E-state index contributed by atoms with van der Waals surface area (Å²) < 4.78 is 28.3. The summed E-state index contributed by atoms with van der Waals surface area (Å²) in [6.45, 7) is 2.56. The van der Waals surface area contributed by atoms with Gasteiger partial charge in [0.05, 0.1) is 0 Å². The lowest BCUT2D eigenvalue weighted by atomic mass is 10.2. The second kappa shape index (κ2) is 7.71. The zero-order valence-electron chi connectivity index (χ0n) is 11.2. The average Bonchev–Trinajstić information content (AvgIpc) is 2.38. The maximum atomic E-state index is 12.2. The minimum atomic E-state index is -2.85. The lowest BCUT2D eigenvalue weighted by Crippen LogP contribution is -2.32. The Hall–Kier alpha value is -1.65. The third-order valence-corrected chi connectivity index (χ3v) is 2.60. The van der Waals surface area contributed by atoms with E-state index in [-0.39, 0.29) is 11.7 Å². The number of amides is 1. The smallest absolute Gasteiger partial charge is 0.387 e. The summed E-state index contributed by atoms with van der Waals surface area (Å²) in [5.74, 6) is -0.0172. The van der Waals surface area contributed by atoms with Gasteiger partial charge in [0.1, 0.15) is 5.75 Å². The van der Waals surface area contributed by atoms with Crippen molar-refractivity contribution in [3.8, 4) is 5.75 Å². The normalized spacial score (nSPS) is 10.6. The van der Waals surface area contributed by atoms with Gasteiger partial charge in [0, 0.05) is 18.7 Å². The van der Waals surface area contributed by atoms with Gasteiger partial charge in [0.2, 0.25) is 0 Å². The molecule has 0 aliphatic carbocycles. The number of hydrogen-bond donors (Lipinski definition) is 0. The van der Waals surface area contributed by atoms with Gasteiger partial charge in [-0.15, -0.1) is 0 Å². The highest BCUT2D eigenvalue weighted by molar-refractivity contribution is 5.94. The van der Waals surface area contributed by atoms with Crippen LogP contribution in [0.5, 0.6) is 5.75 Å². The van der Waals surface area contributed by atoms with Crippen molar-refractivity contribution in [1.29, 1.82) is 0 Å². The average molecular weight is 271 g/mol. The van der Waals surface area contributed by atoms with E-state index in [1.54, 1.807) is 4.90 Å². The summed E-state index contributed by atoms with van der Waals surface area (Å²) in [6, 6.07) is 5.79. The van der Waals surface area contributed by atoms with Gasteiger partial charge in [-0.1, -0.05) is 13.8 Å². The highest BCUT2D eigenvalue weighted by Gasteiger charge is 2.14. The van der Waals surface area contributed by atoms with Gasteiger partial charge in [-0.3, -0.25) is 4.79 Å². The molecule has 0 spiro atoms. The molecule has 0 N–H and O–H groups in total. The first kappa shape index (κ1) is 15.4. The topological polar surface area (TPSA) is 29.5 Å². The van der Waals surface area contributed by atoms with E-state index in [0.29, 0.717) is 18.7 Å². The molecule has 0 radical (unpaired) electrons. The summed E-state index contributed by atoms with van der Waals surface area (Å²) in [6.07, 6.45) is 1.77. The molecule has 1 aromatic rings. The van der Waals surface area contributed by atoms with Crippen LogP contribution in [0.2, 0.25) is 0 Å². The maximum Gasteiger partial charge on any atom is 0.387 e. The van der Waals surface area contributed by atoms with E-state index in [0.717, 1.165) is 12.8 Å². The van der Waals surface area contributed by atoms with Crippen LogP contribution in [0.15, 0.2) is 24.3 Å². The molecule has 0 unspecified atom stereocenters. The summed E-state index contributed by atoms with van der Waals surface area (Å²) in [5, 5.41) is 0. The van der Waals surface area contributed by atoms with Crippen LogP contribution < -0.4 is 4.74 Å². The zero-order valence-corrected chi connectivity index (χ0v) is 11.2. The summed E-state index contributed by atoms with van der Waals surface area (Å²) in [7, 11) is 0. The third-order valence-electron chi connectivity index (χ3n) is 2.60. The number of alkyl halides is 2. The molecular formula is C14H19F2NO2. The van der Waals surface area contributed by atoms with Crippen LogP contribution in [0.1, 0.15) is 37.0 Å². The monoisotopic (exact) mass is 271 g/mol. The summed E-state index contributed by atoms with van der Waals surface area (Å²) in [5.41, 5.74) is 0.489. The van der Waals surface area contributed by atoms with Gasteiger partial charge in [0.15, 0.2) is 0 Å². The Labute approximate surface area is 112 Å². The first-order valence-electron chi connectivity index (χ1n) is 6.42. The lowest BCUT2D eigenvalue weighted by Gasteiger charge is -2.21. The van der Waals surface area contributed by atoms with Crippen LogP contribution in [0, 0.1) is 0 Å². The fourth-order valence-corrected chi connectivity index (χ4v) is 1.82. The molecule has 0 atom stereocenters. The molecular weight excluding hydrogens is 252 g/mol. The highest BCUT2D eigenvalue weighted by atomic mass is 19.3. The largest absolute Gasteiger partial charge is 0.435 e. The van der Waals surface area contributed by atoms with Gasteiger partial charge in [-0.2, -0.15) is 8.78 Å². The van der Waals surface area contributed by atoms with E-state index in [1.165, 1.54) is 24.3 Å². The van der Waals surface area contributed by atoms with E-state index in [2.05, 4.69) is 4.74 Å². The second-order valence-corrected chi connectivity index (χ2v) is 4.20. The van der Waals surface area contributed by atoms with Crippen LogP contribution in [-0.4, -0.2) is 30.5 Å². The quantitative estimate of drug-likeness (QED) is 0.759. The number of hydrogen-bond acceptors (Lipinski definition) is 2. The maximum absolute atomic E-state index is 12.2. The predicted molar refractivity (Wildman–Crippen MR) is 69.6 cm³/mol. The molecule has 0 aromatic heterocycles. The van der Waals surface area contributed by atoms with Crippen molar-refractivity contribution >= 4 is 5.91 Å². The Morgan fingerprint density at radius 2 is 1.68 bits per heavy atom. The van der Waals surface area contributed by atoms with Gasteiger partial charge in [-0.05, 0) is 37.1 Å². The van der Waals surface area contributed by atoms with Crippen molar-refractivity contribution in [2.24, 2.45) is 0 Å². The predicted octanol–water partition coefficient (Wildman–Crippen LogP) is 3.55. The fraction of sp³-hybridized carbons (Fsp3) is 0.500. The molecule has 0 aliphatic heterocycles. The standard InChI is InChI=1S/C14H19F2NO2/c1-3-9-17(10-4-2)13(18)11-5-7-12(8-6-11)19-14(15)16/h5-8,14H,3-4,9-10H2,1-2H3. The van der Waals surface area contributed by atoms with Gasteiger partial charge < -0.3 is 9.64 Å². The molecule has 0 aliphatic rings. The van der Waals surface area contributed by atoms with Crippen LogP contribution >= 0.6 is 0 Å². The molecule has 1 rings (SSSR count). The van der Waals surface area contributed by atoms with Crippen LogP contribution in [0.3, 0.4) is 0 Å². The number of halogens is 2. The Morgan fingerprint density at radius 3 is 2.11 bits per heavy atom. The van der Waals surface area contributed by atoms with E-state index in [4.69, 9.17) is 0 Å². The van der Waals surface area contributed by atoms with E-state index in [1.807, 2.05) is 13.8 Å². The van der Waals surface area contributed by atoms with Crippen molar-refractivity contribution in [3.63, 3.8) is 0 Å². The van der Waals surface area contributed by atoms with Gasteiger partial charge >= 0.3 is 6.61 Å². The molecule has 19 heavy (non-hydrogen) atoms. The summed E-state index contributed by atoms with van der Waals surface area (Å²) in [4.78, 5) is 14.0. The third kappa shape index (κ3) is 4.85. The first-order chi connectivity index (χ1) is 9.08. The SMILES string of the molecule is CCCN(CCC)C(=O)c1ccc(OC(F)F)cc1. The molecule has 106 valence electrons. The zero-order chi connectivity index (χ0) is 14.3. The van der Waals surface area contributed by atoms with E-state index < -0.39 is 6.61 Å². The van der Waals surface area contributed by atoms with Gasteiger partial charge in [0.25, 0.3) is 5.91 Å². The van der Waals surface area contributed by atoms with Crippen molar-refractivity contribution in [1.82, 2.24) is 4.90 Å². The number of carbonyl (C=O) groups is 1. The minimum absolute atomic E-state index is 0.0593. The molecule has 5 heteroatoms. The molecule has 1 amide bonds. The van der Waals surface area contributed by atoms with Crippen LogP contribution in [-0.2, 0) is 0 Å². The number of ether oxygens (including phenoxy) is 1.